The molecule has 1 amide bonds. The number of piperidine rings is 1. The Morgan fingerprint density at radius 2 is 2.00 bits per heavy atom. The minimum absolute atomic E-state index is 0.159. The molecule has 1 unspecified atom stereocenters. The minimum Gasteiger partial charge on any atom is -0.356 e. The van der Waals surface area contributed by atoms with Gasteiger partial charge in [-0.05, 0) is 37.2 Å². The summed E-state index contributed by atoms with van der Waals surface area (Å²) in [7, 11) is 0. The third-order valence-corrected chi connectivity index (χ3v) is 4.35. The second-order valence-corrected chi connectivity index (χ2v) is 5.66. The van der Waals surface area contributed by atoms with Crippen LogP contribution in [0.2, 0.25) is 0 Å². The maximum atomic E-state index is 12.3. The maximum absolute atomic E-state index is 12.3. The van der Waals surface area contributed by atoms with E-state index in [4.69, 9.17) is 0 Å². The summed E-state index contributed by atoms with van der Waals surface area (Å²) in [6.45, 7) is 5.20. The van der Waals surface area contributed by atoms with Crippen LogP contribution < -0.4 is 5.32 Å². The van der Waals surface area contributed by atoms with Gasteiger partial charge in [0.25, 0.3) is 0 Å². The summed E-state index contributed by atoms with van der Waals surface area (Å²) in [4.78, 5) is 12.3. The molecule has 1 saturated heterocycles. The zero-order valence-corrected chi connectivity index (χ0v) is 11.4. The molecule has 0 aromatic heterocycles. The Balaban J connectivity index is 2.09. The molecule has 0 bridgehead atoms. The van der Waals surface area contributed by atoms with E-state index in [1.165, 1.54) is 5.56 Å². The molecule has 1 aromatic rings. The molecule has 0 radical (unpaired) electrons. The first-order valence-corrected chi connectivity index (χ1v) is 6.97. The molecule has 1 atom stereocenters. The van der Waals surface area contributed by atoms with Crippen molar-refractivity contribution in [2.45, 2.75) is 39.5 Å². The van der Waals surface area contributed by atoms with Gasteiger partial charge in [-0.1, -0.05) is 44.2 Å². The smallest absolute Gasteiger partial charge is 0.226 e. The van der Waals surface area contributed by atoms with Gasteiger partial charge in [0, 0.05) is 6.54 Å². The van der Waals surface area contributed by atoms with Gasteiger partial charge in [-0.2, -0.15) is 0 Å². The fourth-order valence-corrected chi connectivity index (χ4v) is 2.99. The summed E-state index contributed by atoms with van der Waals surface area (Å²) in [5.41, 5.74) is 1.17. The Morgan fingerprint density at radius 3 is 2.61 bits per heavy atom. The summed E-state index contributed by atoms with van der Waals surface area (Å²) < 4.78 is 0. The van der Waals surface area contributed by atoms with Crippen molar-refractivity contribution in [1.29, 1.82) is 0 Å². The molecular formula is C16H23NO. The number of carbonyl (C=O) groups is 1. The fraction of sp³-hybridized carbons (Fsp3) is 0.562. The molecule has 1 aromatic carbocycles. The summed E-state index contributed by atoms with van der Waals surface area (Å²) >= 11 is 0. The Morgan fingerprint density at radius 1 is 1.28 bits per heavy atom. The Bertz CT molecular complexity index is 399. The highest BCUT2D eigenvalue weighted by molar-refractivity contribution is 5.83. The lowest BCUT2D eigenvalue weighted by molar-refractivity contribution is -0.137. The topological polar surface area (TPSA) is 29.1 Å². The average Bonchev–Trinajstić information content (AvgIpc) is 2.39. The van der Waals surface area contributed by atoms with Gasteiger partial charge in [0.1, 0.15) is 0 Å². The molecule has 0 spiro atoms. The lowest BCUT2D eigenvalue weighted by Crippen LogP contribution is -2.49. The molecule has 0 saturated carbocycles. The molecule has 1 aliphatic rings. The van der Waals surface area contributed by atoms with E-state index in [1.54, 1.807) is 0 Å². The molecule has 1 aliphatic heterocycles. The number of hydrogen-bond donors (Lipinski definition) is 1. The van der Waals surface area contributed by atoms with Crippen molar-refractivity contribution in [3.8, 4) is 0 Å². The quantitative estimate of drug-likeness (QED) is 0.867. The van der Waals surface area contributed by atoms with Gasteiger partial charge >= 0.3 is 0 Å². The van der Waals surface area contributed by atoms with E-state index in [0.717, 1.165) is 32.2 Å². The van der Waals surface area contributed by atoms with Crippen LogP contribution in [0, 0.1) is 11.3 Å². The van der Waals surface area contributed by atoms with E-state index < -0.39 is 0 Å². The number of nitrogens with one attached hydrogen (secondary N) is 1. The predicted molar refractivity (Wildman–Crippen MR) is 74.3 cm³/mol. The first-order chi connectivity index (χ1) is 8.65. The molecule has 1 fully saturated rings. The SMILES string of the molecule is CC(C)C1(CCc2ccccc2)CCCNC1=O. The summed E-state index contributed by atoms with van der Waals surface area (Å²) in [5, 5.41) is 3.05. The van der Waals surface area contributed by atoms with Gasteiger partial charge < -0.3 is 5.32 Å². The van der Waals surface area contributed by atoms with Crippen LogP contribution in [-0.2, 0) is 11.2 Å². The van der Waals surface area contributed by atoms with E-state index in [0.29, 0.717) is 5.92 Å². The molecule has 2 rings (SSSR count). The van der Waals surface area contributed by atoms with Crippen LogP contribution in [0.15, 0.2) is 30.3 Å². The van der Waals surface area contributed by atoms with Gasteiger partial charge in [0.05, 0.1) is 5.41 Å². The second-order valence-electron chi connectivity index (χ2n) is 5.66. The number of hydrogen-bond acceptors (Lipinski definition) is 1. The number of amides is 1. The van der Waals surface area contributed by atoms with Gasteiger partial charge in [0.15, 0.2) is 0 Å². The number of rotatable bonds is 4. The third kappa shape index (κ3) is 2.58. The molecule has 1 N–H and O–H groups in total. The van der Waals surface area contributed by atoms with Crippen molar-refractivity contribution in [2.75, 3.05) is 6.54 Å². The van der Waals surface area contributed by atoms with Crippen molar-refractivity contribution >= 4 is 5.91 Å². The molecular weight excluding hydrogens is 222 g/mol. The lowest BCUT2D eigenvalue weighted by atomic mass is 9.68. The number of benzene rings is 1. The van der Waals surface area contributed by atoms with E-state index in [1.807, 2.05) is 6.07 Å². The van der Waals surface area contributed by atoms with Crippen LogP contribution in [0.4, 0.5) is 0 Å². The standard InChI is InChI=1S/C16H23NO/c1-13(2)16(10-6-12-17-15(16)18)11-9-14-7-4-3-5-8-14/h3-5,7-8,13H,6,9-12H2,1-2H3,(H,17,18). The number of carbonyl (C=O) groups excluding carboxylic acids is 1. The lowest BCUT2D eigenvalue weighted by Gasteiger charge is -2.39. The molecule has 98 valence electrons. The summed E-state index contributed by atoms with van der Waals surface area (Å²) in [6.07, 6.45) is 4.09. The van der Waals surface area contributed by atoms with Crippen molar-refractivity contribution in [2.24, 2.45) is 11.3 Å². The van der Waals surface area contributed by atoms with E-state index in [9.17, 15) is 4.79 Å². The van der Waals surface area contributed by atoms with Crippen molar-refractivity contribution in [3.05, 3.63) is 35.9 Å². The minimum atomic E-state index is -0.159. The Labute approximate surface area is 110 Å². The molecule has 0 aliphatic carbocycles. The molecule has 2 heteroatoms. The van der Waals surface area contributed by atoms with E-state index >= 15 is 0 Å². The monoisotopic (exact) mass is 245 g/mol. The third-order valence-electron chi connectivity index (χ3n) is 4.35. The zero-order chi connectivity index (χ0) is 13.0. The second kappa shape index (κ2) is 5.55. The van der Waals surface area contributed by atoms with Crippen LogP contribution >= 0.6 is 0 Å². The van der Waals surface area contributed by atoms with Crippen molar-refractivity contribution < 1.29 is 4.79 Å². The van der Waals surface area contributed by atoms with Gasteiger partial charge in [-0.3, -0.25) is 4.79 Å². The Kier molecular flexibility index (Phi) is 4.05. The zero-order valence-electron chi connectivity index (χ0n) is 11.4. The highest BCUT2D eigenvalue weighted by Crippen LogP contribution is 2.39. The molecule has 1 heterocycles. The highest BCUT2D eigenvalue weighted by atomic mass is 16.2. The normalized spacial score (nSPS) is 24.1. The van der Waals surface area contributed by atoms with Crippen LogP contribution in [0.3, 0.4) is 0 Å². The van der Waals surface area contributed by atoms with Crippen LogP contribution in [-0.4, -0.2) is 12.5 Å². The van der Waals surface area contributed by atoms with Crippen molar-refractivity contribution in [3.63, 3.8) is 0 Å². The van der Waals surface area contributed by atoms with Gasteiger partial charge in [-0.15, -0.1) is 0 Å². The Hall–Kier alpha value is -1.31. The van der Waals surface area contributed by atoms with Crippen LogP contribution in [0.25, 0.3) is 0 Å². The van der Waals surface area contributed by atoms with E-state index in [2.05, 4.69) is 43.4 Å². The predicted octanol–water partition coefficient (Wildman–Crippen LogP) is 3.17. The summed E-state index contributed by atoms with van der Waals surface area (Å²) in [6, 6.07) is 10.5. The summed E-state index contributed by atoms with van der Waals surface area (Å²) in [5.74, 6) is 0.668. The van der Waals surface area contributed by atoms with Crippen LogP contribution in [0.5, 0.6) is 0 Å². The first kappa shape index (κ1) is 13.1. The first-order valence-electron chi connectivity index (χ1n) is 6.97. The largest absolute Gasteiger partial charge is 0.356 e. The van der Waals surface area contributed by atoms with Crippen LogP contribution in [0.1, 0.15) is 38.7 Å². The van der Waals surface area contributed by atoms with Crippen molar-refractivity contribution in [1.82, 2.24) is 5.32 Å². The number of aryl methyl sites for hydroxylation is 1. The fourth-order valence-electron chi connectivity index (χ4n) is 2.99. The average molecular weight is 245 g/mol. The van der Waals surface area contributed by atoms with Gasteiger partial charge in [-0.25, -0.2) is 0 Å². The van der Waals surface area contributed by atoms with Gasteiger partial charge in [0.2, 0.25) is 5.91 Å². The highest BCUT2D eigenvalue weighted by Gasteiger charge is 2.42. The van der Waals surface area contributed by atoms with E-state index in [-0.39, 0.29) is 11.3 Å². The molecule has 2 nitrogen and oxygen atoms in total. The molecule has 18 heavy (non-hydrogen) atoms. The maximum Gasteiger partial charge on any atom is 0.226 e.